The molecule has 0 N–H and O–H groups in total. The van der Waals surface area contributed by atoms with E-state index in [-0.39, 0.29) is 0 Å². The van der Waals surface area contributed by atoms with Gasteiger partial charge in [-0.1, -0.05) is 12.2 Å². The second kappa shape index (κ2) is 9.27. The molecule has 1 fully saturated rings. The number of allylic oxidation sites excluding steroid dienone is 1. The van der Waals surface area contributed by atoms with Crippen molar-refractivity contribution in [3.63, 3.8) is 0 Å². The molecule has 1 aliphatic heterocycles. The van der Waals surface area contributed by atoms with Crippen LogP contribution in [0, 0.1) is 11.8 Å². The van der Waals surface area contributed by atoms with Crippen molar-refractivity contribution in [1.29, 1.82) is 0 Å². The largest absolute Gasteiger partial charge is 0.379 e. The summed E-state index contributed by atoms with van der Waals surface area (Å²) in [5.41, 5.74) is 1.39. The zero-order valence-electron chi connectivity index (χ0n) is 11.1. The van der Waals surface area contributed by atoms with Crippen molar-refractivity contribution >= 4 is 0 Å². The molecule has 0 saturated carbocycles. The lowest BCUT2D eigenvalue weighted by atomic mass is 10.1. The van der Waals surface area contributed by atoms with Crippen molar-refractivity contribution in [2.24, 2.45) is 0 Å². The average Bonchev–Trinajstić information content (AvgIpc) is 2.36. The Morgan fingerprint density at radius 3 is 2.65 bits per heavy atom. The lowest BCUT2D eigenvalue weighted by Gasteiger charge is -2.26. The summed E-state index contributed by atoms with van der Waals surface area (Å²) in [6.07, 6.45) is 5.71. The molecular weight excluding hydrogens is 210 g/mol. The molecule has 0 spiro atoms. The monoisotopic (exact) mass is 235 g/mol. The molecule has 2 nitrogen and oxygen atoms in total. The van der Waals surface area contributed by atoms with Crippen molar-refractivity contribution in [2.75, 3.05) is 32.8 Å². The zero-order valence-corrected chi connectivity index (χ0v) is 11.1. The van der Waals surface area contributed by atoms with Gasteiger partial charge < -0.3 is 4.74 Å². The van der Waals surface area contributed by atoms with Gasteiger partial charge in [0.15, 0.2) is 0 Å². The Morgan fingerprint density at radius 1 is 1.24 bits per heavy atom. The number of hydrogen-bond acceptors (Lipinski definition) is 2. The first-order chi connectivity index (χ1) is 8.33. The first-order valence-corrected chi connectivity index (χ1v) is 6.69. The van der Waals surface area contributed by atoms with Crippen molar-refractivity contribution in [3.8, 4) is 11.8 Å². The molecule has 1 heterocycles. The summed E-state index contributed by atoms with van der Waals surface area (Å²) in [6.45, 7) is 11.2. The fourth-order valence-corrected chi connectivity index (χ4v) is 2.05. The lowest BCUT2D eigenvalue weighted by molar-refractivity contribution is 0.0374. The standard InChI is InChI=1S/C15H25NO/c1-3-4-5-6-8-15(2)9-7-10-16-11-13-17-14-12-16/h2,5-14H2,1H3. The van der Waals surface area contributed by atoms with Crippen LogP contribution in [0.1, 0.15) is 39.0 Å². The highest BCUT2D eigenvalue weighted by atomic mass is 16.5. The van der Waals surface area contributed by atoms with Crippen LogP contribution in [0.2, 0.25) is 0 Å². The number of rotatable bonds is 7. The predicted octanol–water partition coefficient (Wildman–Crippen LogP) is 2.85. The van der Waals surface area contributed by atoms with Gasteiger partial charge in [-0.2, -0.15) is 0 Å². The first kappa shape index (κ1) is 14.3. The maximum Gasteiger partial charge on any atom is 0.0594 e. The van der Waals surface area contributed by atoms with Gasteiger partial charge in [-0.25, -0.2) is 0 Å². The van der Waals surface area contributed by atoms with E-state index in [1.165, 1.54) is 18.5 Å². The van der Waals surface area contributed by atoms with Gasteiger partial charge in [0.25, 0.3) is 0 Å². The van der Waals surface area contributed by atoms with Crippen LogP contribution in [-0.4, -0.2) is 37.7 Å². The van der Waals surface area contributed by atoms with E-state index in [4.69, 9.17) is 4.74 Å². The Bertz CT molecular complexity index is 268. The molecule has 2 heteroatoms. The SMILES string of the molecule is C=C(CCCC#CC)CCCN1CCOCC1. The number of nitrogens with zero attached hydrogens (tertiary/aromatic N) is 1. The Labute approximate surface area is 106 Å². The van der Waals surface area contributed by atoms with Crippen LogP contribution in [0.5, 0.6) is 0 Å². The summed E-state index contributed by atoms with van der Waals surface area (Å²) in [7, 11) is 0. The number of unbranched alkanes of at least 4 members (excludes halogenated alkanes) is 1. The third-order valence-electron chi connectivity index (χ3n) is 3.12. The summed E-state index contributed by atoms with van der Waals surface area (Å²) in [4.78, 5) is 2.49. The number of morpholine rings is 1. The van der Waals surface area contributed by atoms with Gasteiger partial charge in [0.05, 0.1) is 13.2 Å². The van der Waals surface area contributed by atoms with E-state index in [1.807, 2.05) is 6.92 Å². The zero-order chi connectivity index (χ0) is 12.3. The Hall–Kier alpha value is -0.780. The van der Waals surface area contributed by atoms with Gasteiger partial charge in [0, 0.05) is 19.5 Å². The van der Waals surface area contributed by atoms with Gasteiger partial charge in [-0.15, -0.1) is 11.8 Å². The number of hydrogen-bond donors (Lipinski definition) is 0. The molecule has 1 saturated heterocycles. The van der Waals surface area contributed by atoms with E-state index < -0.39 is 0 Å². The predicted molar refractivity (Wildman–Crippen MR) is 72.9 cm³/mol. The van der Waals surface area contributed by atoms with E-state index in [0.717, 1.165) is 52.0 Å². The van der Waals surface area contributed by atoms with Gasteiger partial charge >= 0.3 is 0 Å². The van der Waals surface area contributed by atoms with Crippen molar-refractivity contribution in [1.82, 2.24) is 4.90 Å². The Morgan fingerprint density at radius 2 is 1.94 bits per heavy atom. The molecule has 0 aliphatic carbocycles. The van der Waals surface area contributed by atoms with Crippen molar-refractivity contribution in [3.05, 3.63) is 12.2 Å². The van der Waals surface area contributed by atoms with Crippen LogP contribution in [0.4, 0.5) is 0 Å². The topological polar surface area (TPSA) is 12.5 Å². The van der Waals surface area contributed by atoms with Crippen LogP contribution in [0.15, 0.2) is 12.2 Å². The normalized spacial score (nSPS) is 16.3. The highest BCUT2D eigenvalue weighted by Crippen LogP contribution is 2.12. The first-order valence-electron chi connectivity index (χ1n) is 6.69. The third kappa shape index (κ3) is 7.20. The minimum Gasteiger partial charge on any atom is -0.379 e. The van der Waals surface area contributed by atoms with E-state index in [2.05, 4.69) is 23.3 Å². The second-order valence-corrected chi connectivity index (χ2v) is 4.59. The summed E-state index contributed by atoms with van der Waals surface area (Å²) >= 11 is 0. The Kier molecular flexibility index (Phi) is 7.79. The molecule has 0 aromatic carbocycles. The van der Waals surface area contributed by atoms with E-state index >= 15 is 0 Å². The highest BCUT2D eigenvalue weighted by molar-refractivity contribution is 4.98. The molecule has 0 atom stereocenters. The molecule has 0 unspecified atom stereocenters. The minimum absolute atomic E-state index is 0.899. The second-order valence-electron chi connectivity index (χ2n) is 4.59. The molecule has 1 aliphatic rings. The van der Waals surface area contributed by atoms with Gasteiger partial charge in [-0.05, 0) is 39.2 Å². The van der Waals surface area contributed by atoms with E-state index in [0.29, 0.717) is 0 Å². The molecule has 1 rings (SSSR count). The third-order valence-corrected chi connectivity index (χ3v) is 3.12. The van der Waals surface area contributed by atoms with Crippen LogP contribution >= 0.6 is 0 Å². The maximum atomic E-state index is 5.33. The molecule has 17 heavy (non-hydrogen) atoms. The quantitative estimate of drug-likeness (QED) is 0.382. The minimum atomic E-state index is 0.899. The van der Waals surface area contributed by atoms with Gasteiger partial charge in [0.2, 0.25) is 0 Å². The molecule has 96 valence electrons. The van der Waals surface area contributed by atoms with Gasteiger partial charge in [0.1, 0.15) is 0 Å². The summed E-state index contributed by atoms with van der Waals surface area (Å²) < 4.78 is 5.33. The van der Waals surface area contributed by atoms with Gasteiger partial charge in [-0.3, -0.25) is 4.90 Å². The van der Waals surface area contributed by atoms with Crippen molar-refractivity contribution in [2.45, 2.75) is 39.0 Å². The van der Waals surface area contributed by atoms with Crippen LogP contribution in [0.25, 0.3) is 0 Å². The van der Waals surface area contributed by atoms with Crippen LogP contribution in [-0.2, 0) is 4.74 Å². The fraction of sp³-hybridized carbons (Fsp3) is 0.733. The average molecular weight is 235 g/mol. The summed E-state index contributed by atoms with van der Waals surface area (Å²) in [6, 6.07) is 0. The Balaban J connectivity index is 1.96. The fourth-order valence-electron chi connectivity index (χ4n) is 2.05. The molecule has 0 aromatic heterocycles. The van der Waals surface area contributed by atoms with Crippen LogP contribution < -0.4 is 0 Å². The lowest BCUT2D eigenvalue weighted by Crippen LogP contribution is -2.36. The summed E-state index contributed by atoms with van der Waals surface area (Å²) in [5.74, 6) is 6.03. The maximum absolute atomic E-state index is 5.33. The highest BCUT2D eigenvalue weighted by Gasteiger charge is 2.09. The van der Waals surface area contributed by atoms with E-state index in [1.54, 1.807) is 0 Å². The molecule has 0 amide bonds. The molecule has 0 bridgehead atoms. The summed E-state index contributed by atoms with van der Waals surface area (Å²) in [5, 5.41) is 0. The van der Waals surface area contributed by atoms with Crippen molar-refractivity contribution < 1.29 is 4.74 Å². The molecule has 0 aromatic rings. The molecular formula is C15H25NO. The van der Waals surface area contributed by atoms with E-state index in [9.17, 15) is 0 Å². The van der Waals surface area contributed by atoms with Crippen LogP contribution in [0.3, 0.4) is 0 Å². The molecule has 0 radical (unpaired) electrons. The smallest absolute Gasteiger partial charge is 0.0594 e. The number of ether oxygens (including phenoxy) is 1.